The van der Waals surface area contributed by atoms with Gasteiger partial charge in [-0.25, -0.2) is 0 Å². The highest BCUT2D eigenvalue weighted by Crippen LogP contribution is 2.31. The SMILES string of the molecule is CC[C@@H]1NC(=O)[C@@H]2CSCc3cc(cc(c3)CSC[C@H](C(C)C)C(=O)N[C@H](C)C(=O)N[C@@H](CC(N)=O)C(=O)N[C@@H](CCC(=O)O)C(=O)C[C@@H](Cc3cccc4ccccc34)C(=O)N[C@H](C)C(=O)N2)CSC[C@@H](C(N)=O)CC(=O)[C@H](C(C)(C)C)NC(=O)[C@H](CC(=O)O)NC(=O)[C@H](Cc2ccc(O)cc2)NC(=O)[C@H](Cc2ccccc2)NC(=O)[C@H](CC(=O)O)NC1=O. The number of nitrogens with one attached hydrogen (secondary N) is 11. The van der Waals surface area contributed by atoms with Crippen LogP contribution >= 0.6 is 35.3 Å². The van der Waals surface area contributed by atoms with Crippen LogP contribution in [0.4, 0.5) is 0 Å². The number of primary amides is 2. The van der Waals surface area contributed by atoms with E-state index in [9.17, 15) is 97.1 Å². The van der Waals surface area contributed by atoms with E-state index in [1.165, 1.54) is 68.6 Å². The number of phenols is 1. The van der Waals surface area contributed by atoms with Crippen molar-refractivity contribution < 1.29 is 107 Å². The van der Waals surface area contributed by atoms with Gasteiger partial charge in [0.1, 0.15) is 60.1 Å². The van der Waals surface area contributed by atoms with Crippen molar-refractivity contribution in [1.29, 1.82) is 0 Å². The first-order valence-corrected chi connectivity index (χ1v) is 44.3. The van der Waals surface area contributed by atoms with Gasteiger partial charge < -0.3 is 90.4 Å². The number of nitrogens with two attached hydrogens (primary N) is 2. The predicted octanol–water partition coefficient (Wildman–Crippen LogP) is 2.43. The van der Waals surface area contributed by atoms with Crippen LogP contribution in [0.5, 0.6) is 5.75 Å². The number of thioether (sulfide) groups is 3. The van der Waals surface area contributed by atoms with E-state index < -0.39 is 247 Å². The number of hydrogen-bond acceptors (Lipinski definition) is 22. The van der Waals surface area contributed by atoms with Gasteiger partial charge in [0.15, 0.2) is 11.6 Å². The van der Waals surface area contributed by atoms with Gasteiger partial charge in [0.2, 0.25) is 76.8 Å². The Labute approximate surface area is 735 Å². The molecule has 35 nitrogen and oxygen atoms in total. The fourth-order valence-corrected chi connectivity index (χ4v) is 17.4. The van der Waals surface area contributed by atoms with Crippen LogP contribution in [0.15, 0.2) is 115 Å². The average molecular weight is 1790 g/mol. The van der Waals surface area contributed by atoms with Crippen molar-refractivity contribution in [3.8, 4) is 5.75 Å². The van der Waals surface area contributed by atoms with E-state index in [4.69, 9.17) is 11.5 Å². The van der Waals surface area contributed by atoms with Gasteiger partial charge >= 0.3 is 17.9 Å². The Hall–Kier alpha value is -11.9. The van der Waals surface area contributed by atoms with E-state index in [0.717, 1.165) is 17.1 Å². The lowest BCUT2D eigenvalue weighted by molar-refractivity contribution is -0.142. The van der Waals surface area contributed by atoms with Gasteiger partial charge in [0.05, 0.1) is 37.3 Å². The lowest BCUT2D eigenvalue weighted by atomic mass is 9.81. The Morgan fingerprint density at radius 2 is 0.904 bits per heavy atom. The van der Waals surface area contributed by atoms with Crippen LogP contribution in [0.25, 0.3) is 10.8 Å². The average Bonchev–Trinajstić information content (AvgIpc) is 0.809. The van der Waals surface area contributed by atoms with E-state index in [0.29, 0.717) is 33.2 Å². The lowest BCUT2D eigenvalue weighted by Gasteiger charge is -2.32. The van der Waals surface area contributed by atoms with E-state index >= 15 is 9.59 Å². The van der Waals surface area contributed by atoms with Crippen LogP contribution in [0.2, 0.25) is 0 Å². The van der Waals surface area contributed by atoms with E-state index in [-0.39, 0.29) is 71.0 Å². The molecule has 19 N–H and O–H groups in total. The number of benzene rings is 5. The molecule has 0 fully saturated rings. The van der Waals surface area contributed by atoms with E-state index in [1.807, 2.05) is 18.2 Å². The highest BCUT2D eigenvalue weighted by molar-refractivity contribution is 7.99. The molecule has 674 valence electrons. The first-order chi connectivity index (χ1) is 59.0. The number of Topliss-reactive ketones (excluding diaryl/α,β-unsaturated/α-hetero) is 2. The quantitative estimate of drug-likeness (QED) is 0.0599. The van der Waals surface area contributed by atoms with Crippen molar-refractivity contribution in [3.05, 3.63) is 149 Å². The van der Waals surface area contributed by atoms with Crippen LogP contribution in [-0.4, -0.2) is 210 Å². The van der Waals surface area contributed by atoms with Crippen LogP contribution in [0.1, 0.15) is 140 Å². The first kappa shape index (κ1) is 100. The summed E-state index contributed by atoms with van der Waals surface area (Å²) in [5, 5.41) is 70.0. The number of hydrogen-bond donors (Lipinski definition) is 17. The second-order valence-electron chi connectivity index (χ2n) is 32.6. The van der Waals surface area contributed by atoms with Crippen molar-refractivity contribution >= 4 is 152 Å². The van der Waals surface area contributed by atoms with Gasteiger partial charge in [-0.3, -0.25) is 86.3 Å². The minimum absolute atomic E-state index is 0.0680. The zero-order valence-electron chi connectivity index (χ0n) is 70.7. The van der Waals surface area contributed by atoms with Gasteiger partial charge in [-0.2, -0.15) is 35.3 Å². The predicted molar refractivity (Wildman–Crippen MR) is 466 cm³/mol. The van der Waals surface area contributed by atoms with Crippen LogP contribution in [-0.2, 0) is 123 Å². The summed E-state index contributed by atoms with van der Waals surface area (Å²) in [5.41, 5.74) is 13.6. The molecule has 5 aromatic carbocycles. The monoisotopic (exact) mass is 1790 g/mol. The first-order valence-electron chi connectivity index (χ1n) is 40.8. The summed E-state index contributed by atoms with van der Waals surface area (Å²) in [4.78, 5) is 255. The highest BCUT2D eigenvalue weighted by Gasteiger charge is 2.41. The fraction of sp³-hybridized carbons (Fsp3) is 0.471. The number of carboxylic acids is 3. The second-order valence-corrected chi connectivity index (χ2v) is 35.6. The van der Waals surface area contributed by atoms with Gasteiger partial charge in [-0.15, -0.1) is 0 Å². The minimum atomic E-state index is -2.04. The number of fused-ring (bicyclic) bond motifs is 6. The molecule has 7 rings (SSSR count). The molecule has 0 radical (unpaired) electrons. The summed E-state index contributed by atoms with van der Waals surface area (Å²) in [6, 6.07) is 12.4. The number of carbonyl (C=O) groups is 18. The van der Waals surface area contributed by atoms with E-state index in [2.05, 4.69) is 58.5 Å². The third-order valence-corrected chi connectivity index (χ3v) is 24.4. The molecule has 0 unspecified atom stereocenters. The van der Waals surface area contributed by atoms with Crippen LogP contribution in [0.3, 0.4) is 0 Å². The maximum atomic E-state index is 15.2. The molecule has 0 aliphatic carbocycles. The molecule has 2 aliphatic heterocycles. The molecule has 2 aliphatic rings. The Kier molecular flexibility index (Phi) is 38.3. The molecule has 14 atom stereocenters. The number of aromatic hydroxyl groups is 1. The largest absolute Gasteiger partial charge is 0.508 e. The molecule has 0 spiro atoms. The minimum Gasteiger partial charge on any atom is -0.508 e. The third-order valence-electron chi connectivity index (χ3n) is 21.0. The molecule has 2 heterocycles. The standard InChI is InChI=1S/C87H111N13O22S3/c1-9-60-80(116)97-65(37-72(107)108)84(120)96-62(31-48-16-11-10-12-17-48)81(117)95-63(32-49-22-24-57(101)25-23-49)82(118)98-66(38-73(109)110)85(121)100-74(87(6,7)8)69(103)35-56(75(89)111)42-123-39-50-28-51-30-52(29-50)41-125-44-67(86(122)92-60)99-77(113)46(4)90-78(114)55(33-54-20-15-19-53-18-13-14-21-58(53)54)34-68(102)61(26-27-71(105)106)93-83(119)64(36-70(88)104)94-76(112)47(5)91-79(115)59(45(2)3)43-124-40-51/h10-25,28-30,45-47,55-56,59-67,74,101H,9,26-27,31-44H2,1-8H3,(H2,88,104)(H2,89,111)(H,90,114)(H,91,115)(H,92,122)(H,93,119)(H,94,112)(H,95,117)(H,96,120)(H,97,116)(H,98,118)(H,99,113)(H,100,121)(H,105,106)(H,107,108)(H,109,110)/t46-,47-,55-,56+,59-,60+,61+,62+,63+,64+,65+,66+,67+,74-/m1/s1. The zero-order chi connectivity index (χ0) is 92.1. The van der Waals surface area contributed by atoms with Gasteiger partial charge in [0.25, 0.3) is 0 Å². The van der Waals surface area contributed by atoms with Crippen molar-refractivity contribution in [2.24, 2.45) is 40.6 Å². The lowest BCUT2D eigenvalue weighted by Crippen LogP contribution is -2.61. The van der Waals surface area contributed by atoms with Gasteiger partial charge in [-0.05, 0) is 101 Å². The molecule has 0 saturated carbocycles. The maximum absolute atomic E-state index is 15.2. The van der Waals surface area contributed by atoms with Gasteiger partial charge in [0, 0.05) is 78.5 Å². The molecular formula is C87H111N13O22S3. The molecule has 0 saturated heterocycles. The summed E-state index contributed by atoms with van der Waals surface area (Å²) in [6.07, 6.45) is -6.91. The number of rotatable bonds is 18. The molecular weight excluding hydrogens is 1680 g/mol. The Balaban J connectivity index is 1.35. The topological polar surface area (TPSA) is 573 Å². The number of carboxylic acid groups (broad SMARTS) is 3. The second kappa shape index (κ2) is 47.8. The number of carbonyl (C=O) groups excluding carboxylic acids is 15. The molecule has 4 bridgehead atoms. The molecule has 125 heavy (non-hydrogen) atoms. The van der Waals surface area contributed by atoms with Crippen molar-refractivity contribution in [2.75, 3.05) is 17.3 Å². The normalized spacial score (nSPS) is 24.6. The van der Waals surface area contributed by atoms with Crippen molar-refractivity contribution in [1.82, 2.24) is 58.5 Å². The van der Waals surface area contributed by atoms with Crippen molar-refractivity contribution in [2.45, 2.75) is 210 Å². The molecule has 0 aromatic heterocycles. The maximum Gasteiger partial charge on any atom is 0.305 e. The fourth-order valence-electron chi connectivity index (χ4n) is 14.0. The molecule has 13 amide bonds. The number of ketones is 2. The third kappa shape index (κ3) is 32.0. The Morgan fingerprint density at radius 1 is 0.448 bits per heavy atom. The Bertz CT molecular complexity index is 4780. The molecule has 5 aromatic rings. The van der Waals surface area contributed by atoms with Crippen LogP contribution in [0, 0.1) is 29.1 Å². The van der Waals surface area contributed by atoms with Crippen molar-refractivity contribution in [3.63, 3.8) is 0 Å². The summed E-state index contributed by atoms with van der Waals surface area (Å²) < 4.78 is 0. The number of amides is 13. The summed E-state index contributed by atoms with van der Waals surface area (Å²) in [6.45, 7) is 12.4. The number of aliphatic carboxylic acids is 3. The van der Waals surface area contributed by atoms with Gasteiger partial charge in [-0.1, -0.05) is 145 Å². The summed E-state index contributed by atoms with van der Waals surface area (Å²) >= 11 is 3.64. The number of phenolic OH excluding ortho intramolecular Hbond substituents is 1. The summed E-state index contributed by atoms with van der Waals surface area (Å²) in [5.74, 6) is -23.5. The smallest absolute Gasteiger partial charge is 0.305 e. The Morgan fingerprint density at radius 3 is 1.43 bits per heavy atom. The molecule has 38 heteroatoms. The zero-order valence-corrected chi connectivity index (χ0v) is 73.1. The summed E-state index contributed by atoms with van der Waals surface area (Å²) in [7, 11) is 0. The van der Waals surface area contributed by atoms with E-state index in [1.54, 1.807) is 107 Å². The van der Waals surface area contributed by atoms with Crippen LogP contribution < -0.4 is 70.0 Å². The highest BCUT2D eigenvalue weighted by atomic mass is 32.2.